The highest BCUT2D eigenvalue weighted by Crippen LogP contribution is 2.33. The van der Waals surface area contributed by atoms with Gasteiger partial charge in [0.15, 0.2) is 0 Å². The third-order valence-corrected chi connectivity index (χ3v) is 2.14. The second-order valence-electron chi connectivity index (χ2n) is 2.90. The van der Waals surface area contributed by atoms with Crippen molar-refractivity contribution in [3.8, 4) is 0 Å². The lowest BCUT2D eigenvalue weighted by Gasteiger charge is -2.01. The van der Waals surface area contributed by atoms with Gasteiger partial charge >= 0.3 is 5.97 Å². The van der Waals surface area contributed by atoms with Crippen molar-refractivity contribution in [1.82, 2.24) is 5.48 Å². The molecule has 1 saturated heterocycles. The SMILES string of the molecule is O=C(O)C1C=C2ONCC2C1. The van der Waals surface area contributed by atoms with Gasteiger partial charge in [-0.15, -0.1) is 0 Å². The fourth-order valence-electron chi connectivity index (χ4n) is 1.52. The first-order valence-corrected chi connectivity index (χ1v) is 3.61. The van der Waals surface area contributed by atoms with Crippen molar-refractivity contribution in [2.45, 2.75) is 6.42 Å². The van der Waals surface area contributed by atoms with E-state index >= 15 is 0 Å². The highest BCUT2D eigenvalue weighted by Gasteiger charge is 2.35. The number of carbonyl (C=O) groups is 1. The first-order chi connectivity index (χ1) is 5.27. The summed E-state index contributed by atoms with van der Waals surface area (Å²) in [5, 5.41) is 8.65. The molecule has 0 aromatic heterocycles. The van der Waals surface area contributed by atoms with E-state index in [-0.39, 0.29) is 11.8 Å². The molecule has 0 spiro atoms. The molecule has 2 aliphatic rings. The maximum absolute atomic E-state index is 10.5. The summed E-state index contributed by atoms with van der Waals surface area (Å²) in [6.07, 6.45) is 2.37. The lowest BCUT2D eigenvalue weighted by molar-refractivity contribution is -0.140. The van der Waals surface area contributed by atoms with Crippen LogP contribution in [0.2, 0.25) is 0 Å². The van der Waals surface area contributed by atoms with E-state index in [9.17, 15) is 4.79 Å². The largest absolute Gasteiger partial charge is 0.481 e. The minimum Gasteiger partial charge on any atom is -0.481 e. The van der Waals surface area contributed by atoms with Gasteiger partial charge in [0.05, 0.1) is 5.92 Å². The predicted molar refractivity (Wildman–Crippen MR) is 36.4 cm³/mol. The van der Waals surface area contributed by atoms with Crippen LogP contribution in [0, 0.1) is 11.8 Å². The highest BCUT2D eigenvalue weighted by molar-refractivity contribution is 5.73. The number of rotatable bonds is 1. The van der Waals surface area contributed by atoms with E-state index in [1.54, 1.807) is 6.08 Å². The zero-order valence-electron chi connectivity index (χ0n) is 5.91. The van der Waals surface area contributed by atoms with Crippen molar-refractivity contribution in [3.63, 3.8) is 0 Å². The van der Waals surface area contributed by atoms with Crippen LogP contribution in [-0.2, 0) is 9.63 Å². The minimum atomic E-state index is -0.754. The Bertz CT molecular complexity index is 224. The molecule has 2 atom stereocenters. The van der Waals surface area contributed by atoms with Crippen LogP contribution in [0.3, 0.4) is 0 Å². The van der Waals surface area contributed by atoms with Crippen molar-refractivity contribution in [1.29, 1.82) is 0 Å². The number of hydrogen-bond donors (Lipinski definition) is 2. The number of hydrogen-bond acceptors (Lipinski definition) is 3. The molecular formula is C7H9NO3. The molecule has 0 radical (unpaired) electrons. The van der Waals surface area contributed by atoms with Crippen molar-refractivity contribution in [2.75, 3.05) is 6.54 Å². The molecule has 0 aromatic rings. The summed E-state index contributed by atoms with van der Waals surface area (Å²) in [5.41, 5.74) is 2.72. The van der Waals surface area contributed by atoms with Crippen LogP contribution in [-0.4, -0.2) is 17.6 Å². The van der Waals surface area contributed by atoms with E-state index in [1.807, 2.05) is 0 Å². The second-order valence-corrected chi connectivity index (χ2v) is 2.90. The van der Waals surface area contributed by atoms with Gasteiger partial charge < -0.3 is 9.94 Å². The minimum absolute atomic E-state index is 0.288. The van der Waals surface area contributed by atoms with Gasteiger partial charge in [-0.25, -0.2) is 0 Å². The van der Waals surface area contributed by atoms with Gasteiger partial charge in [-0.2, -0.15) is 5.48 Å². The zero-order valence-corrected chi connectivity index (χ0v) is 5.91. The summed E-state index contributed by atoms with van der Waals surface area (Å²) in [6, 6.07) is 0. The van der Waals surface area contributed by atoms with Crippen LogP contribution in [0.1, 0.15) is 6.42 Å². The summed E-state index contributed by atoms with van der Waals surface area (Å²) in [5.74, 6) is 0.00102. The van der Waals surface area contributed by atoms with E-state index in [0.717, 1.165) is 12.3 Å². The molecule has 11 heavy (non-hydrogen) atoms. The first kappa shape index (κ1) is 6.67. The Morgan fingerprint density at radius 3 is 3.27 bits per heavy atom. The van der Waals surface area contributed by atoms with Crippen LogP contribution in [0.25, 0.3) is 0 Å². The number of nitrogens with one attached hydrogen (secondary N) is 1. The number of aliphatic carboxylic acids is 1. The predicted octanol–water partition coefficient (Wildman–Crippen LogP) is 0.126. The molecular weight excluding hydrogens is 146 g/mol. The molecule has 0 aromatic carbocycles. The molecule has 1 heterocycles. The Labute approximate surface area is 63.8 Å². The quantitative estimate of drug-likeness (QED) is 0.565. The van der Waals surface area contributed by atoms with Crippen LogP contribution in [0.5, 0.6) is 0 Å². The lowest BCUT2D eigenvalue weighted by atomic mass is 10.0. The van der Waals surface area contributed by atoms with Gasteiger partial charge in [0.25, 0.3) is 0 Å². The molecule has 2 N–H and O–H groups in total. The van der Waals surface area contributed by atoms with E-state index < -0.39 is 5.97 Å². The first-order valence-electron chi connectivity index (χ1n) is 3.61. The Kier molecular flexibility index (Phi) is 1.35. The molecule has 2 unspecified atom stereocenters. The number of carboxylic acid groups (broad SMARTS) is 1. The Balaban J connectivity index is 2.13. The normalized spacial score (nSPS) is 34.4. The molecule has 0 bridgehead atoms. The third-order valence-electron chi connectivity index (χ3n) is 2.14. The fraction of sp³-hybridized carbons (Fsp3) is 0.571. The summed E-state index contributed by atoms with van der Waals surface area (Å²) < 4.78 is 0. The third kappa shape index (κ3) is 0.991. The Hall–Kier alpha value is -1.03. The molecule has 0 saturated carbocycles. The molecule has 4 heteroatoms. The van der Waals surface area contributed by atoms with Crippen molar-refractivity contribution in [3.05, 3.63) is 11.8 Å². The van der Waals surface area contributed by atoms with Gasteiger partial charge in [0.1, 0.15) is 5.76 Å². The van der Waals surface area contributed by atoms with Gasteiger partial charge in [0.2, 0.25) is 0 Å². The number of fused-ring (bicyclic) bond motifs is 1. The van der Waals surface area contributed by atoms with E-state index in [2.05, 4.69) is 5.48 Å². The average molecular weight is 155 g/mol. The number of hydroxylamine groups is 1. The van der Waals surface area contributed by atoms with Crippen molar-refractivity contribution >= 4 is 5.97 Å². The topological polar surface area (TPSA) is 58.6 Å². The maximum Gasteiger partial charge on any atom is 0.310 e. The fourth-order valence-corrected chi connectivity index (χ4v) is 1.52. The summed E-state index contributed by atoms with van der Waals surface area (Å²) in [7, 11) is 0. The second kappa shape index (κ2) is 2.23. The molecule has 1 aliphatic carbocycles. The molecule has 60 valence electrons. The summed E-state index contributed by atoms with van der Waals surface area (Å²) in [4.78, 5) is 15.5. The van der Waals surface area contributed by atoms with Crippen LogP contribution in [0.15, 0.2) is 11.8 Å². The zero-order chi connectivity index (χ0) is 7.84. The molecule has 1 aliphatic heterocycles. The summed E-state index contributed by atoms with van der Waals surface area (Å²) in [6.45, 7) is 0.746. The van der Waals surface area contributed by atoms with Crippen molar-refractivity contribution < 1.29 is 14.7 Å². The van der Waals surface area contributed by atoms with Crippen LogP contribution in [0.4, 0.5) is 0 Å². The lowest BCUT2D eigenvalue weighted by Crippen LogP contribution is -2.14. The van der Waals surface area contributed by atoms with Gasteiger partial charge in [-0.1, -0.05) is 0 Å². The molecule has 1 fully saturated rings. The standard InChI is InChI=1S/C7H9NO3/c9-7(10)4-1-5-3-8-11-6(5)2-4/h2,4-5,8H,1,3H2,(H,9,10). The van der Waals surface area contributed by atoms with E-state index in [1.165, 1.54) is 0 Å². The van der Waals surface area contributed by atoms with E-state index in [4.69, 9.17) is 9.94 Å². The van der Waals surface area contributed by atoms with Crippen LogP contribution >= 0.6 is 0 Å². The molecule has 0 amide bonds. The van der Waals surface area contributed by atoms with Gasteiger partial charge in [-0.3, -0.25) is 4.79 Å². The number of carboxylic acids is 1. The summed E-state index contributed by atoms with van der Waals surface area (Å²) >= 11 is 0. The Morgan fingerprint density at radius 1 is 1.82 bits per heavy atom. The monoisotopic (exact) mass is 155 g/mol. The average Bonchev–Trinajstić information content (AvgIpc) is 2.40. The highest BCUT2D eigenvalue weighted by atomic mass is 16.7. The van der Waals surface area contributed by atoms with Gasteiger partial charge in [-0.05, 0) is 12.5 Å². The maximum atomic E-state index is 10.5. The van der Waals surface area contributed by atoms with E-state index in [0.29, 0.717) is 6.42 Å². The van der Waals surface area contributed by atoms with Crippen molar-refractivity contribution in [2.24, 2.45) is 11.8 Å². The van der Waals surface area contributed by atoms with Crippen LogP contribution < -0.4 is 5.48 Å². The van der Waals surface area contributed by atoms with Gasteiger partial charge in [0, 0.05) is 12.5 Å². The molecule has 4 nitrogen and oxygen atoms in total. The smallest absolute Gasteiger partial charge is 0.310 e. The Morgan fingerprint density at radius 2 is 2.64 bits per heavy atom. The molecule has 2 rings (SSSR count).